The van der Waals surface area contributed by atoms with Crippen molar-refractivity contribution in [1.82, 2.24) is 0 Å². The van der Waals surface area contributed by atoms with Crippen LogP contribution in [-0.4, -0.2) is 25.3 Å². The summed E-state index contributed by atoms with van der Waals surface area (Å²) in [6.45, 7) is 1.16. The van der Waals surface area contributed by atoms with Crippen LogP contribution in [0.5, 0.6) is 0 Å². The summed E-state index contributed by atoms with van der Waals surface area (Å²) in [5.41, 5.74) is 1.20. The van der Waals surface area contributed by atoms with Crippen molar-refractivity contribution in [1.29, 1.82) is 0 Å². The molecule has 0 saturated heterocycles. The van der Waals surface area contributed by atoms with Crippen LogP contribution in [0.2, 0.25) is 0 Å². The summed E-state index contributed by atoms with van der Waals surface area (Å²) in [7, 11) is 2.03. The first-order chi connectivity index (χ1) is 5.84. The van der Waals surface area contributed by atoms with Gasteiger partial charge in [-0.3, -0.25) is 0 Å². The third-order valence-corrected chi connectivity index (χ3v) is 1.85. The van der Waals surface area contributed by atoms with E-state index in [2.05, 4.69) is 17.0 Å². The molecule has 0 aliphatic heterocycles. The number of nitrogens with zero attached hydrogens (tertiary/aromatic N) is 1. The lowest BCUT2D eigenvalue weighted by Crippen LogP contribution is -2.18. The van der Waals surface area contributed by atoms with Gasteiger partial charge in [-0.05, 0) is 18.6 Å². The topological polar surface area (TPSA) is 23.5 Å². The van der Waals surface area contributed by atoms with Crippen LogP contribution in [0.3, 0.4) is 0 Å². The van der Waals surface area contributed by atoms with E-state index in [1.54, 1.807) is 0 Å². The minimum Gasteiger partial charge on any atom is -0.396 e. The Kier molecular flexibility index (Phi) is 3.61. The van der Waals surface area contributed by atoms with Gasteiger partial charge in [0.25, 0.3) is 0 Å². The van der Waals surface area contributed by atoms with Gasteiger partial charge in [-0.15, -0.1) is 0 Å². The van der Waals surface area contributed by atoms with Gasteiger partial charge in [0, 0.05) is 25.9 Å². The molecule has 0 bridgehead atoms. The number of anilines is 1. The fourth-order valence-corrected chi connectivity index (χ4v) is 1.12. The second-order valence-corrected chi connectivity index (χ2v) is 2.83. The highest BCUT2D eigenvalue weighted by Crippen LogP contribution is 2.10. The van der Waals surface area contributed by atoms with Gasteiger partial charge < -0.3 is 10.0 Å². The zero-order valence-electron chi connectivity index (χ0n) is 7.40. The lowest BCUT2D eigenvalue weighted by Gasteiger charge is -2.18. The third-order valence-electron chi connectivity index (χ3n) is 1.85. The number of hydrogen-bond acceptors (Lipinski definition) is 2. The summed E-state index contributed by atoms with van der Waals surface area (Å²) < 4.78 is 0. The van der Waals surface area contributed by atoms with E-state index in [0.29, 0.717) is 0 Å². The van der Waals surface area contributed by atoms with Crippen molar-refractivity contribution in [3.63, 3.8) is 0 Å². The lowest BCUT2D eigenvalue weighted by molar-refractivity contribution is 0.290. The second kappa shape index (κ2) is 4.78. The van der Waals surface area contributed by atoms with Crippen LogP contribution in [0.15, 0.2) is 30.3 Å². The van der Waals surface area contributed by atoms with E-state index in [1.165, 1.54) is 5.69 Å². The van der Waals surface area contributed by atoms with Gasteiger partial charge in [-0.25, -0.2) is 0 Å². The Morgan fingerprint density at radius 3 is 2.50 bits per heavy atom. The zero-order chi connectivity index (χ0) is 8.81. The van der Waals surface area contributed by atoms with Gasteiger partial charge in [-0.2, -0.15) is 0 Å². The molecule has 1 N–H and O–H groups in total. The molecule has 0 fully saturated rings. The summed E-state index contributed by atoms with van der Waals surface area (Å²) in [6, 6.07) is 10.2. The zero-order valence-corrected chi connectivity index (χ0v) is 7.40. The maximum absolute atomic E-state index is 8.64. The van der Waals surface area contributed by atoms with Crippen molar-refractivity contribution in [2.75, 3.05) is 25.1 Å². The SMILES string of the molecule is CN(CCCO)c1ccccc1. The van der Waals surface area contributed by atoms with Crippen LogP contribution in [0, 0.1) is 0 Å². The molecule has 0 atom stereocenters. The molecule has 0 aliphatic carbocycles. The average molecular weight is 165 g/mol. The third kappa shape index (κ3) is 2.55. The minimum absolute atomic E-state index is 0.261. The van der Waals surface area contributed by atoms with E-state index in [0.717, 1.165) is 13.0 Å². The van der Waals surface area contributed by atoms with Crippen molar-refractivity contribution < 1.29 is 5.11 Å². The number of rotatable bonds is 4. The Balaban J connectivity index is 2.48. The number of benzene rings is 1. The molecule has 0 unspecified atom stereocenters. The Hall–Kier alpha value is -1.02. The van der Waals surface area contributed by atoms with E-state index >= 15 is 0 Å². The van der Waals surface area contributed by atoms with Crippen molar-refractivity contribution >= 4 is 5.69 Å². The molecule has 0 heterocycles. The van der Waals surface area contributed by atoms with Gasteiger partial charge in [0.2, 0.25) is 0 Å². The molecular weight excluding hydrogens is 150 g/mol. The van der Waals surface area contributed by atoms with E-state index in [4.69, 9.17) is 5.11 Å². The molecular formula is C10H15NO. The molecule has 1 aromatic rings. The molecule has 1 rings (SSSR count). The van der Waals surface area contributed by atoms with E-state index in [-0.39, 0.29) is 6.61 Å². The molecule has 66 valence electrons. The van der Waals surface area contributed by atoms with E-state index in [1.807, 2.05) is 25.2 Å². The quantitative estimate of drug-likeness (QED) is 0.731. The molecule has 0 spiro atoms. The molecule has 1 aromatic carbocycles. The van der Waals surface area contributed by atoms with E-state index < -0.39 is 0 Å². The Morgan fingerprint density at radius 2 is 1.92 bits per heavy atom. The second-order valence-electron chi connectivity index (χ2n) is 2.83. The van der Waals surface area contributed by atoms with Crippen LogP contribution in [0.1, 0.15) is 6.42 Å². The fraction of sp³-hybridized carbons (Fsp3) is 0.400. The molecule has 0 amide bonds. The summed E-state index contributed by atoms with van der Waals surface area (Å²) in [5, 5.41) is 8.64. The van der Waals surface area contributed by atoms with Crippen LogP contribution >= 0.6 is 0 Å². The largest absolute Gasteiger partial charge is 0.396 e. The summed E-state index contributed by atoms with van der Waals surface area (Å²) >= 11 is 0. The Morgan fingerprint density at radius 1 is 1.25 bits per heavy atom. The number of aliphatic hydroxyl groups excluding tert-OH is 1. The molecule has 2 nitrogen and oxygen atoms in total. The monoisotopic (exact) mass is 165 g/mol. The highest BCUT2D eigenvalue weighted by atomic mass is 16.3. The van der Waals surface area contributed by atoms with Gasteiger partial charge >= 0.3 is 0 Å². The maximum atomic E-state index is 8.64. The van der Waals surface area contributed by atoms with Gasteiger partial charge in [-0.1, -0.05) is 18.2 Å². The first kappa shape index (κ1) is 9.07. The van der Waals surface area contributed by atoms with Gasteiger partial charge in [0.15, 0.2) is 0 Å². The van der Waals surface area contributed by atoms with Crippen LogP contribution in [-0.2, 0) is 0 Å². The summed E-state index contributed by atoms with van der Waals surface area (Å²) in [5.74, 6) is 0. The van der Waals surface area contributed by atoms with Crippen molar-refractivity contribution in [3.05, 3.63) is 30.3 Å². The minimum atomic E-state index is 0.261. The van der Waals surface area contributed by atoms with Crippen molar-refractivity contribution in [2.24, 2.45) is 0 Å². The number of para-hydroxylation sites is 1. The smallest absolute Gasteiger partial charge is 0.0447 e. The maximum Gasteiger partial charge on any atom is 0.0447 e. The average Bonchev–Trinajstić information content (AvgIpc) is 2.15. The molecule has 0 saturated carbocycles. The number of hydrogen-bond donors (Lipinski definition) is 1. The summed E-state index contributed by atoms with van der Waals surface area (Å²) in [6.07, 6.45) is 0.825. The molecule has 0 aliphatic rings. The number of aliphatic hydroxyl groups is 1. The molecule has 12 heavy (non-hydrogen) atoms. The predicted molar refractivity (Wildman–Crippen MR) is 51.4 cm³/mol. The first-order valence-electron chi connectivity index (χ1n) is 4.21. The van der Waals surface area contributed by atoms with Gasteiger partial charge in [0.1, 0.15) is 0 Å². The van der Waals surface area contributed by atoms with Crippen LogP contribution < -0.4 is 4.90 Å². The summed E-state index contributed by atoms with van der Waals surface area (Å²) in [4.78, 5) is 2.14. The standard InChI is InChI=1S/C10H15NO/c1-11(8-5-9-12)10-6-3-2-4-7-10/h2-4,6-7,12H,5,8-9H2,1H3. The molecule has 0 aromatic heterocycles. The van der Waals surface area contributed by atoms with Crippen molar-refractivity contribution in [2.45, 2.75) is 6.42 Å². The molecule has 0 radical (unpaired) electrons. The Bertz CT molecular complexity index is 210. The first-order valence-corrected chi connectivity index (χ1v) is 4.21. The molecule has 2 heteroatoms. The highest BCUT2D eigenvalue weighted by molar-refractivity contribution is 5.44. The Labute approximate surface area is 73.4 Å². The predicted octanol–water partition coefficient (Wildman–Crippen LogP) is 1.51. The van der Waals surface area contributed by atoms with Crippen LogP contribution in [0.25, 0.3) is 0 Å². The van der Waals surface area contributed by atoms with E-state index in [9.17, 15) is 0 Å². The van der Waals surface area contributed by atoms with Gasteiger partial charge in [0.05, 0.1) is 0 Å². The van der Waals surface area contributed by atoms with Crippen molar-refractivity contribution in [3.8, 4) is 0 Å². The normalized spacial score (nSPS) is 9.83. The highest BCUT2D eigenvalue weighted by Gasteiger charge is 1.96. The van der Waals surface area contributed by atoms with Crippen LogP contribution in [0.4, 0.5) is 5.69 Å². The lowest BCUT2D eigenvalue weighted by atomic mass is 10.3. The fourth-order valence-electron chi connectivity index (χ4n) is 1.12.